The molecule has 0 saturated heterocycles. The molecule has 10 heteroatoms. The Balaban J connectivity index is 0.00000400. The third-order valence-electron chi connectivity index (χ3n) is 10.6. The Hall–Kier alpha value is -2.04. The summed E-state index contributed by atoms with van der Waals surface area (Å²) in [5, 5.41) is 1.92. The number of rotatable bonds is 10. The lowest BCUT2D eigenvalue weighted by Crippen LogP contribution is -3.00. The smallest absolute Gasteiger partial charge is 0.372 e. The van der Waals surface area contributed by atoms with Crippen molar-refractivity contribution < 1.29 is 72.4 Å². The van der Waals surface area contributed by atoms with E-state index in [-0.39, 0.29) is 70.6 Å². The molecule has 48 heavy (non-hydrogen) atoms. The van der Waals surface area contributed by atoms with E-state index < -0.39 is 5.92 Å². The SMILES string of the molecule is CCOC(=O)C[n+]1cccc(C2C(C(=O)OC3CC(C)CCC3C(C)C)=C(C)[NH2+]C(C)=C2C(=O)OC2CC(C)CCC2C(C)C)c1.[Br-].[Br-]. The van der Waals surface area contributed by atoms with E-state index in [1.807, 2.05) is 37.5 Å². The van der Waals surface area contributed by atoms with Crippen molar-refractivity contribution in [2.24, 2.45) is 35.5 Å². The van der Waals surface area contributed by atoms with Crippen molar-refractivity contribution in [1.29, 1.82) is 0 Å². The summed E-state index contributed by atoms with van der Waals surface area (Å²) in [7, 11) is 0. The van der Waals surface area contributed by atoms with E-state index in [1.165, 1.54) is 0 Å². The number of halogens is 2. The number of carbonyl (C=O) groups excluding carboxylic acids is 3. The molecule has 8 nitrogen and oxygen atoms in total. The van der Waals surface area contributed by atoms with Gasteiger partial charge in [0.25, 0.3) is 0 Å². The monoisotopic (exact) mass is 796 g/mol. The molecular weight excluding hydrogens is 740 g/mol. The molecule has 6 atom stereocenters. The van der Waals surface area contributed by atoms with Crippen LogP contribution in [0.15, 0.2) is 47.1 Å². The first kappa shape index (κ1) is 42.1. The number of ether oxygens (including phenoxy) is 3. The number of quaternary nitrogens is 1. The van der Waals surface area contributed by atoms with E-state index in [0.717, 1.165) is 55.5 Å². The molecule has 0 aromatic carbocycles. The third kappa shape index (κ3) is 10.3. The van der Waals surface area contributed by atoms with Crippen LogP contribution in [0, 0.1) is 35.5 Å². The second-order valence-electron chi connectivity index (χ2n) is 14.9. The van der Waals surface area contributed by atoms with Crippen molar-refractivity contribution in [3.8, 4) is 0 Å². The minimum atomic E-state index is -0.698. The summed E-state index contributed by atoms with van der Waals surface area (Å²) in [6.45, 7) is 19.2. The predicted molar refractivity (Wildman–Crippen MR) is 176 cm³/mol. The van der Waals surface area contributed by atoms with Gasteiger partial charge in [-0.25, -0.2) is 14.4 Å². The molecule has 1 aliphatic heterocycles. The minimum absolute atomic E-state index is 0. The second kappa shape index (κ2) is 18.8. The van der Waals surface area contributed by atoms with Gasteiger partial charge in [-0.05, 0) is 74.2 Å². The average molecular weight is 799 g/mol. The molecule has 3 aliphatic rings. The Labute approximate surface area is 309 Å². The van der Waals surface area contributed by atoms with Gasteiger partial charge in [0.05, 0.1) is 12.5 Å². The Kier molecular flexibility index (Phi) is 16.5. The molecule has 4 rings (SSSR count). The molecule has 2 N–H and O–H groups in total. The van der Waals surface area contributed by atoms with Gasteiger partial charge < -0.3 is 48.2 Å². The van der Waals surface area contributed by atoms with Gasteiger partial charge in [-0.2, -0.15) is 4.57 Å². The molecule has 0 bridgehead atoms. The zero-order valence-electron chi connectivity index (χ0n) is 30.4. The molecule has 2 fully saturated rings. The van der Waals surface area contributed by atoms with Crippen molar-refractivity contribution in [1.82, 2.24) is 0 Å². The maximum atomic E-state index is 14.4. The highest BCUT2D eigenvalue weighted by Crippen LogP contribution is 2.41. The minimum Gasteiger partial charge on any atom is -1.00 e. The molecular formula is C38H58Br2N2O6. The Morgan fingerprint density at radius 2 is 1.31 bits per heavy atom. The van der Waals surface area contributed by atoms with Gasteiger partial charge in [0, 0.05) is 25.5 Å². The lowest BCUT2D eigenvalue weighted by molar-refractivity contribution is -0.686. The molecule has 1 aromatic heterocycles. The number of nitrogens with two attached hydrogens (primary N) is 1. The van der Waals surface area contributed by atoms with Crippen LogP contribution < -0.4 is 43.8 Å². The maximum Gasteiger partial charge on any atom is 0.372 e. The molecule has 2 aliphatic carbocycles. The van der Waals surface area contributed by atoms with Crippen LogP contribution >= 0.6 is 0 Å². The summed E-state index contributed by atoms with van der Waals surface area (Å²) >= 11 is 0. The molecule has 2 saturated carbocycles. The molecule has 2 heterocycles. The van der Waals surface area contributed by atoms with E-state index in [4.69, 9.17) is 14.2 Å². The fourth-order valence-corrected chi connectivity index (χ4v) is 8.04. The summed E-state index contributed by atoms with van der Waals surface area (Å²) < 4.78 is 19.8. The van der Waals surface area contributed by atoms with Gasteiger partial charge in [-0.3, -0.25) is 5.32 Å². The van der Waals surface area contributed by atoms with E-state index in [1.54, 1.807) is 17.7 Å². The molecule has 270 valence electrons. The van der Waals surface area contributed by atoms with Crippen LogP contribution in [0.1, 0.15) is 112 Å². The van der Waals surface area contributed by atoms with Crippen molar-refractivity contribution >= 4 is 17.9 Å². The summed E-state index contributed by atoms with van der Waals surface area (Å²) in [5.41, 5.74) is 3.21. The van der Waals surface area contributed by atoms with Gasteiger partial charge in [-0.1, -0.05) is 54.4 Å². The molecule has 0 radical (unpaired) electrons. The van der Waals surface area contributed by atoms with Crippen LogP contribution in [0.4, 0.5) is 0 Å². The summed E-state index contributed by atoms with van der Waals surface area (Å²) in [5.74, 6) is 0.514. The first-order chi connectivity index (χ1) is 21.8. The van der Waals surface area contributed by atoms with E-state index in [9.17, 15) is 14.4 Å². The predicted octanol–water partition coefficient (Wildman–Crippen LogP) is -0.238. The fourth-order valence-electron chi connectivity index (χ4n) is 8.04. The second-order valence-corrected chi connectivity index (χ2v) is 14.9. The normalized spacial score (nSPS) is 27.6. The standard InChI is InChI=1S/C38H56N2O6.2BrH/c1-10-44-33(41)21-40-17-11-12-28(20-40)36-34(37(42)45-31-18-24(6)13-15-29(31)22(2)3)26(8)39-27(9)35(36)38(43)46-32-19-25(7)14-16-30(32)23(4)5;;/h11-12,17,20,22-25,29-32,36H,10,13-16,18-19,21H2,1-9H3;2*1H. The molecule has 0 amide bonds. The van der Waals surface area contributed by atoms with Crippen LogP contribution in [0.5, 0.6) is 0 Å². The Morgan fingerprint density at radius 1 is 0.833 bits per heavy atom. The zero-order valence-corrected chi connectivity index (χ0v) is 33.6. The molecule has 6 unspecified atom stereocenters. The maximum absolute atomic E-state index is 14.4. The average Bonchev–Trinajstić information content (AvgIpc) is 2.96. The largest absolute Gasteiger partial charge is 1.00 e. The Morgan fingerprint density at radius 3 is 1.75 bits per heavy atom. The lowest BCUT2D eigenvalue weighted by atomic mass is 9.75. The zero-order chi connectivity index (χ0) is 33.7. The number of allylic oxidation sites excluding steroid dienone is 2. The van der Waals surface area contributed by atoms with Gasteiger partial charge in [0.1, 0.15) is 34.7 Å². The number of hydrogen-bond donors (Lipinski definition) is 1. The number of hydrogen-bond acceptors (Lipinski definition) is 6. The highest BCUT2D eigenvalue weighted by Gasteiger charge is 2.45. The summed E-state index contributed by atoms with van der Waals surface area (Å²) in [4.78, 5) is 41.2. The fraction of sp³-hybridized carbons (Fsp3) is 0.684. The van der Waals surface area contributed by atoms with Crippen LogP contribution in [0.25, 0.3) is 0 Å². The topological polar surface area (TPSA) is 99.4 Å². The van der Waals surface area contributed by atoms with Gasteiger partial charge in [-0.15, -0.1) is 0 Å². The third-order valence-corrected chi connectivity index (χ3v) is 10.6. The number of esters is 3. The first-order valence-electron chi connectivity index (χ1n) is 17.6. The number of pyridine rings is 1. The van der Waals surface area contributed by atoms with Crippen molar-refractivity contribution in [2.45, 2.75) is 126 Å². The first-order valence-corrected chi connectivity index (χ1v) is 17.6. The van der Waals surface area contributed by atoms with E-state index in [0.29, 0.717) is 53.3 Å². The van der Waals surface area contributed by atoms with Gasteiger partial charge >= 0.3 is 17.9 Å². The molecule has 1 aromatic rings. The number of nitrogens with zero attached hydrogens (tertiary/aromatic N) is 1. The highest BCUT2D eigenvalue weighted by molar-refractivity contribution is 5.99. The summed E-state index contributed by atoms with van der Waals surface area (Å²) in [6.07, 6.45) is 9.27. The van der Waals surface area contributed by atoms with Gasteiger partial charge in [0.15, 0.2) is 12.4 Å². The summed E-state index contributed by atoms with van der Waals surface area (Å²) in [6, 6.07) is 3.76. The quantitative estimate of drug-likeness (QED) is 0.200. The van der Waals surface area contributed by atoms with Crippen molar-refractivity contribution in [2.75, 3.05) is 6.61 Å². The van der Waals surface area contributed by atoms with Crippen LogP contribution in [-0.2, 0) is 35.1 Å². The highest BCUT2D eigenvalue weighted by atomic mass is 79.9. The number of carbonyl (C=O) groups is 3. The van der Waals surface area contributed by atoms with Crippen LogP contribution in [0.2, 0.25) is 0 Å². The van der Waals surface area contributed by atoms with E-state index >= 15 is 0 Å². The van der Waals surface area contributed by atoms with Gasteiger partial charge in [0.2, 0.25) is 6.54 Å². The molecule has 0 spiro atoms. The number of aromatic nitrogens is 1. The van der Waals surface area contributed by atoms with Crippen molar-refractivity contribution in [3.63, 3.8) is 0 Å². The lowest BCUT2D eigenvalue weighted by Gasteiger charge is -2.38. The van der Waals surface area contributed by atoms with E-state index in [2.05, 4.69) is 41.5 Å². The van der Waals surface area contributed by atoms with Crippen LogP contribution in [0.3, 0.4) is 0 Å². The van der Waals surface area contributed by atoms with Crippen LogP contribution in [-0.4, -0.2) is 36.7 Å². The Bertz CT molecular complexity index is 1270. The van der Waals surface area contributed by atoms with Crippen molar-refractivity contribution in [3.05, 3.63) is 52.6 Å².